The summed E-state index contributed by atoms with van der Waals surface area (Å²) in [5.41, 5.74) is 4.49. The number of nitrogens with one attached hydrogen (secondary N) is 1. The van der Waals surface area contributed by atoms with Crippen LogP contribution < -0.4 is 19.7 Å². The molecule has 0 radical (unpaired) electrons. The van der Waals surface area contributed by atoms with Crippen LogP contribution >= 0.6 is 0 Å². The second-order valence-corrected chi connectivity index (χ2v) is 7.66. The van der Waals surface area contributed by atoms with E-state index in [1.54, 1.807) is 32.4 Å². The summed E-state index contributed by atoms with van der Waals surface area (Å²) in [6, 6.07) is 21.3. The monoisotopic (exact) mass is 428 g/mol. The Labute approximate surface area is 186 Å². The Balaban J connectivity index is 1.34. The lowest BCUT2D eigenvalue weighted by atomic mass is 10.1. The van der Waals surface area contributed by atoms with Gasteiger partial charge in [0.15, 0.2) is 11.5 Å². The number of benzene rings is 3. The molecule has 5 rings (SSSR count). The van der Waals surface area contributed by atoms with Crippen molar-refractivity contribution < 1.29 is 14.3 Å². The molecule has 0 unspecified atom stereocenters. The summed E-state index contributed by atoms with van der Waals surface area (Å²) < 4.78 is 12.8. The second kappa shape index (κ2) is 8.26. The van der Waals surface area contributed by atoms with E-state index in [0.717, 1.165) is 42.4 Å². The smallest absolute Gasteiger partial charge is 0.255 e. The highest BCUT2D eigenvalue weighted by Gasteiger charge is 2.20. The van der Waals surface area contributed by atoms with Gasteiger partial charge in [-0.15, -0.1) is 0 Å². The van der Waals surface area contributed by atoms with E-state index in [1.165, 1.54) is 5.52 Å². The highest BCUT2D eigenvalue weighted by atomic mass is 16.5. The molecule has 4 aromatic rings. The van der Waals surface area contributed by atoms with E-state index < -0.39 is 0 Å². The predicted octanol–water partition coefficient (Wildman–Crippen LogP) is 4.33. The maximum absolute atomic E-state index is 12.8. The third-order valence-corrected chi connectivity index (χ3v) is 5.77. The fourth-order valence-corrected chi connectivity index (χ4v) is 4.15. The van der Waals surface area contributed by atoms with Gasteiger partial charge in [-0.05, 0) is 48.5 Å². The van der Waals surface area contributed by atoms with E-state index in [9.17, 15) is 4.79 Å². The van der Waals surface area contributed by atoms with Crippen molar-refractivity contribution in [2.75, 3.05) is 31.0 Å². The zero-order valence-electron chi connectivity index (χ0n) is 18.0. The van der Waals surface area contributed by atoms with Crippen LogP contribution in [0.4, 0.5) is 11.4 Å². The summed E-state index contributed by atoms with van der Waals surface area (Å²) in [5, 5.41) is 2.98. The van der Waals surface area contributed by atoms with Crippen LogP contribution in [0.3, 0.4) is 0 Å². The number of amides is 1. The first kappa shape index (κ1) is 19.9. The Morgan fingerprint density at radius 3 is 2.62 bits per heavy atom. The van der Waals surface area contributed by atoms with Crippen LogP contribution in [0.25, 0.3) is 11.0 Å². The van der Waals surface area contributed by atoms with Gasteiger partial charge in [-0.2, -0.15) is 0 Å². The Bertz CT molecular complexity index is 1300. The van der Waals surface area contributed by atoms with Gasteiger partial charge in [0.1, 0.15) is 5.82 Å². The quantitative estimate of drug-likeness (QED) is 0.513. The number of aromatic nitrogens is 2. The molecule has 7 nitrogen and oxygen atoms in total. The van der Waals surface area contributed by atoms with Crippen molar-refractivity contribution >= 4 is 28.3 Å². The number of hydrogen-bond donors (Lipinski definition) is 1. The second-order valence-electron chi connectivity index (χ2n) is 7.66. The molecule has 0 saturated carbocycles. The molecule has 1 N–H and O–H groups in total. The van der Waals surface area contributed by atoms with E-state index >= 15 is 0 Å². The topological polar surface area (TPSA) is 68.6 Å². The minimum Gasteiger partial charge on any atom is -0.493 e. The van der Waals surface area contributed by atoms with Gasteiger partial charge in [0.25, 0.3) is 5.91 Å². The number of imidazole rings is 1. The van der Waals surface area contributed by atoms with Gasteiger partial charge in [0.2, 0.25) is 0 Å². The lowest BCUT2D eigenvalue weighted by Gasteiger charge is -2.30. The van der Waals surface area contributed by atoms with Gasteiger partial charge in [-0.1, -0.05) is 18.2 Å². The van der Waals surface area contributed by atoms with Crippen LogP contribution in [0.1, 0.15) is 16.2 Å². The molecule has 3 aromatic carbocycles. The van der Waals surface area contributed by atoms with E-state index in [4.69, 9.17) is 14.5 Å². The number of methoxy groups -OCH3 is 2. The van der Waals surface area contributed by atoms with Crippen molar-refractivity contribution in [2.45, 2.75) is 13.1 Å². The molecular weight excluding hydrogens is 404 g/mol. The lowest BCUT2D eigenvalue weighted by Crippen LogP contribution is -2.33. The Kier molecular flexibility index (Phi) is 5.15. The van der Waals surface area contributed by atoms with Crippen molar-refractivity contribution in [2.24, 2.45) is 0 Å². The van der Waals surface area contributed by atoms with Gasteiger partial charge >= 0.3 is 0 Å². The Hall–Kier alpha value is -4.00. The predicted molar refractivity (Wildman–Crippen MR) is 125 cm³/mol. The van der Waals surface area contributed by atoms with Crippen molar-refractivity contribution in [3.63, 3.8) is 0 Å². The van der Waals surface area contributed by atoms with Crippen LogP contribution in [0.15, 0.2) is 66.7 Å². The first-order valence-electron chi connectivity index (χ1n) is 10.5. The van der Waals surface area contributed by atoms with Crippen LogP contribution in [0, 0.1) is 0 Å². The van der Waals surface area contributed by atoms with Gasteiger partial charge in [0.05, 0.1) is 31.8 Å². The minimum absolute atomic E-state index is 0.205. The molecular formula is C25H24N4O3. The minimum atomic E-state index is -0.205. The largest absolute Gasteiger partial charge is 0.493 e. The summed E-state index contributed by atoms with van der Waals surface area (Å²) in [6.45, 7) is 2.47. The Morgan fingerprint density at radius 1 is 0.938 bits per heavy atom. The van der Waals surface area contributed by atoms with Crippen molar-refractivity contribution in [1.29, 1.82) is 0 Å². The number of carbonyl (C=O) groups excluding carboxylic acids is 1. The highest BCUT2D eigenvalue weighted by Crippen LogP contribution is 2.29. The molecule has 1 amide bonds. The molecule has 1 aromatic heterocycles. The molecule has 0 atom stereocenters. The molecule has 0 spiro atoms. The zero-order chi connectivity index (χ0) is 22.1. The van der Waals surface area contributed by atoms with Gasteiger partial charge in [-0.3, -0.25) is 4.79 Å². The molecule has 0 bridgehead atoms. The third kappa shape index (κ3) is 3.62. The van der Waals surface area contributed by atoms with E-state index in [0.29, 0.717) is 17.1 Å². The van der Waals surface area contributed by atoms with Gasteiger partial charge in [-0.25, -0.2) is 4.98 Å². The van der Waals surface area contributed by atoms with Gasteiger partial charge in [0, 0.05) is 30.0 Å². The Morgan fingerprint density at radius 2 is 1.78 bits per heavy atom. The maximum Gasteiger partial charge on any atom is 0.255 e. The standard InChI is InChI=1S/C25H24N4O3/c1-31-22-11-10-17(14-23(22)32-2)25(30)26-18-6-5-7-19(15-18)28-12-13-29-21-9-4-3-8-20(21)27-24(29)16-28/h3-11,14-15H,12-13,16H2,1-2H3,(H,26,30). The normalized spacial score (nSPS) is 13.0. The molecule has 1 aliphatic rings. The summed E-state index contributed by atoms with van der Waals surface area (Å²) in [4.78, 5) is 19.9. The number of ether oxygens (including phenoxy) is 2. The first-order valence-corrected chi connectivity index (χ1v) is 10.5. The molecule has 32 heavy (non-hydrogen) atoms. The molecule has 7 heteroatoms. The number of para-hydroxylation sites is 2. The van der Waals surface area contributed by atoms with Crippen LogP contribution in [-0.2, 0) is 13.1 Å². The molecule has 0 saturated heterocycles. The average Bonchev–Trinajstić information content (AvgIpc) is 3.21. The number of fused-ring (bicyclic) bond motifs is 3. The molecule has 1 aliphatic heterocycles. The molecule has 0 aliphatic carbocycles. The first-order chi connectivity index (χ1) is 15.7. The lowest BCUT2D eigenvalue weighted by molar-refractivity contribution is 0.102. The maximum atomic E-state index is 12.8. The molecule has 2 heterocycles. The average molecular weight is 428 g/mol. The third-order valence-electron chi connectivity index (χ3n) is 5.77. The number of hydrogen-bond acceptors (Lipinski definition) is 5. The van der Waals surface area contributed by atoms with Gasteiger partial charge < -0.3 is 24.3 Å². The number of rotatable bonds is 5. The van der Waals surface area contributed by atoms with Crippen LogP contribution in [0.5, 0.6) is 11.5 Å². The number of nitrogens with zero attached hydrogens (tertiary/aromatic N) is 3. The van der Waals surface area contributed by atoms with E-state index in [2.05, 4.69) is 33.0 Å². The fourth-order valence-electron chi connectivity index (χ4n) is 4.15. The summed E-state index contributed by atoms with van der Waals surface area (Å²) in [7, 11) is 3.12. The van der Waals surface area contributed by atoms with Crippen LogP contribution in [0.2, 0.25) is 0 Å². The molecule has 162 valence electrons. The summed E-state index contributed by atoms with van der Waals surface area (Å²) in [6.07, 6.45) is 0. The number of anilines is 2. The summed E-state index contributed by atoms with van der Waals surface area (Å²) in [5.74, 6) is 1.95. The van der Waals surface area contributed by atoms with Crippen molar-refractivity contribution in [3.05, 3.63) is 78.1 Å². The fraction of sp³-hybridized carbons (Fsp3) is 0.200. The zero-order valence-corrected chi connectivity index (χ0v) is 18.0. The highest BCUT2D eigenvalue weighted by molar-refractivity contribution is 6.04. The molecule has 0 fully saturated rings. The van der Waals surface area contributed by atoms with Crippen molar-refractivity contribution in [1.82, 2.24) is 9.55 Å². The number of carbonyl (C=O) groups is 1. The SMILES string of the molecule is COc1ccc(C(=O)Nc2cccc(N3CCn4c(nc5ccccc54)C3)c2)cc1OC. The van der Waals surface area contributed by atoms with E-state index in [1.807, 2.05) is 30.3 Å². The van der Waals surface area contributed by atoms with Crippen LogP contribution in [-0.4, -0.2) is 36.2 Å². The van der Waals surface area contributed by atoms with Crippen molar-refractivity contribution in [3.8, 4) is 11.5 Å². The summed E-state index contributed by atoms with van der Waals surface area (Å²) >= 11 is 0. The van der Waals surface area contributed by atoms with E-state index in [-0.39, 0.29) is 5.91 Å².